The van der Waals surface area contributed by atoms with Crippen LogP contribution in [0.1, 0.15) is 115 Å². The van der Waals surface area contributed by atoms with Gasteiger partial charge in [0.25, 0.3) is 17.7 Å². The van der Waals surface area contributed by atoms with Crippen LogP contribution in [0.15, 0.2) is 55.0 Å². The molecule has 4 aliphatic heterocycles. The molecule has 5 amide bonds. The van der Waals surface area contributed by atoms with Gasteiger partial charge in [-0.1, -0.05) is 31.4 Å². The molecule has 0 radical (unpaired) electrons. The van der Waals surface area contributed by atoms with Gasteiger partial charge in [-0.05, 0) is 107 Å². The van der Waals surface area contributed by atoms with Gasteiger partial charge in [0.1, 0.15) is 18.1 Å². The van der Waals surface area contributed by atoms with E-state index in [-0.39, 0.29) is 41.3 Å². The van der Waals surface area contributed by atoms with Crippen molar-refractivity contribution in [2.45, 2.75) is 95.6 Å². The molecule has 5 aliphatic rings. The molecule has 3 saturated heterocycles. The van der Waals surface area contributed by atoms with Gasteiger partial charge in [0.15, 0.2) is 11.6 Å². The molecule has 1 saturated carbocycles. The maximum Gasteiger partial charge on any atom is 0.262 e. The van der Waals surface area contributed by atoms with Crippen molar-refractivity contribution >= 4 is 51.1 Å². The number of ether oxygens (including phenoxy) is 1. The fourth-order valence-electron chi connectivity index (χ4n) is 9.94. The Morgan fingerprint density at radius 1 is 0.875 bits per heavy atom. The van der Waals surface area contributed by atoms with E-state index in [0.717, 1.165) is 114 Å². The number of piperidine rings is 2. The van der Waals surface area contributed by atoms with Crippen molar-refractivity contribution in [3.8, 4) is 11.5 Å². The molecule has 4 fully saturated rings. The zero-order valence-electron chi connectivity index (χ0n) is 36.5. The number of carbonyl (C=O) groups excluding carboxylic acids is 5. The van der Waals surface area contributed by atoms with Gasteiger partial charge in [0.05, 0.1) is 29.1 Å². The van der Waals surface area contributed by atoms with E-state index < -0.39 is 39.7 Å². The Kier molecular flexibility index (Phi) is 13.9. The van der Waals surface area contributed by atoms with Crippen LogP contribution in [0.4, 0.5) is 11.5 Å². The van der Waals surface area contributed by atoms with E-state index in [0.29, 0.717) is 41.8 Å². The lowest BCUT2D eigenvalue weighted by molar-refractivity contribution is -0.136. The van der Waals surface area contributed by atoms with Crippen LogP contribution in [0.3, 0.4) is 0 Å². The van der Waals surface area contributed by atoms with Crippen LogP contribution in [0.2, 0.25) is 0 Å². The zero-order chi connectivity index (χ0) is 44.8. The summed E-state index contributed by atoms with van der Waals surface area (Å²) in [5.74, 6) is 0.00651. The zero-order valence-corrected chi connectivity index (χ0v) is 37.3. The number of nitrogens with zero attached hydrogens (tertiary/aromatic N) is 5. The molecule has 1 aromatic heterocycles. The lowest BCUT2D eigenvalue weighted by atomic mass is 9.71. The van der Waals surface area contributed by atoms with Gasteiger partial charge >= 0.3 is 0 Å². The predicted octanol–water partition coefficient (Wildman–Crippen LogP) is 4.47. The number of likely N-dealkylation sites (tertiary alicyclic amines) is 1. The van der Waals surface area contributed by atoms with Crippen LogP contribution in [0.5, 0.6) is 11.5 Å². The van der Waals surface area contributed by atoms with Crippen LogP contribution >= 0.6 is 0 Å². The van der Waals surface area contributed by atoms with Crippen molar-refractivity contribution in [2.24, 2.45) is 11.3 Å². The molecule has 4 N–H and O–H groups in total. The minimum Gasteiger partial charge on any atom is -0.451 e. The van der Waals surface area contributed by atoms with Crippen molar-refractivity contribution in [1.29, 1.82) is 0 Å². The summed E-state index contributed by atoms with van der Waals surface area (Å²) in [6.07, 6.45) is 15.4. The van der Waals surface area contributed by atoms with Crippen molar-refractivity contribution in [3.63, 3.8) is 0 Å². The minimum absolute atomic E-state index is 0.0670. The Morgan fingerprint density at radius 2 is 1.59 bits per heavy atom. The number of hydrogen-bond donors (Lipinski definition) is 4. The summed E-state index contributed by atoms with van der Waals surface area (Å²) >= 11 is 0. The minimum atomic E-state index is -3.16. The highest BCUT2D eigenvalue weighted by atomic mass is 32.2. The van der Waals surface area contributed by atoms with Crippen LogP contribution in [0.25, 0.3) is 0 Å². The number of carbonyl (C=O) groups is 5. The first-order chi connectivity index (χ1) is 30.8. The summed E-state index contributed by atoms with van der Waals surface area (Å²) in [5, 5.41) is 8.59. The molecule has 17 nitrogen and oxygen atoms in total. The van der Waals surface area contributed by atoms with Crippen molar-refractivity contribution in [3.05, 3.63) is 71.7 Å². The van der Waals surface area contributed by atoms with Gasteiger partial charge in [0.2, 0.25) is 21.8 Å². The fourth-order valence-corrected chi connectivity index (χ4v) is 10.8. The molecule has 1 atom stereocenters. The van der Waals surface area contributed by atoms with E-state index in [4.69, 9.17) is 4.74 Å². The lowest BCUT2D eigenvalue weighted by Gasteiger charge is -2.54. The molecule has 0 bridgehead atoms. The first-order valence-electron chi connectivity index (χ1n) is 22.7. The van der Waals surface area contributed by atoms with E-state index in [1.54, 1.807) is 36.5 Å². The number of benzene rings is 2. The monoisotopic (exact) mass is 897 g/mol. The molecule has 342 valence electrons. The second kappa shape index (κ2) is 19.7. The average Bonchev–Trinajstić information content (AvgIpc) is 3.50. The number of hydrogen-bond acceptors (Lipinski definition) is 13. The Bertz CT molecular complexity index is 2340. The molecular weight excluding hydrogens is 839 g/mol. The third-order valence-corrected chi connectivity index (χ3v) is 14.2. The first kappa shape index (κ1) is 45.1. The average molecular weight is 898 g/mol. The lowest BCUT2D eigenvalue weighted by Crippen LogP contribution is -2.61. The standard InChI is InChI=1S/C46H59N9O8S/c1-64(61,62)52-32-13-11-31(12-14-32)27-53-23-19-46(20-24-53)28-54(29-46)41-39(26-47-30-50-41)63-38-10-6-5-9-35(38)42(57)49-22-8-4-2-3-7-21-48-33-15-16-34-36(25-33)45(60)55(44(34)59)37-17-18-40(56)51-43(37)58/h5-6,9-10,15-16,25-26,30-32,37,48,52H,2-4,7-8,11-14,17-24,27-29H2,1H3,(H,49,57)(H,51,56,58). The quantitative estimate of drug-likeness (QED) is 0.103. The second-order valence-electron chi connectivity index (χ2n) is 18.2. The molecule has 64 heavy (non-hydrogen) atoms. The third-order valence-electron chi connectivity index (χ3n) is 13.4. The summed E-state index contributed by atoms with van der Waals surface area (Å²) in [5.41, 5.74) is 1.90. The van der Waals surface area contributed by atoms with Gasteiger partial charge in [-0.3, -0.25) is 34.2 Å². The molecule has 5 heterocycles. The van der Waals surface area contributed by atoms with Gasteiger partial charge in [-0.25, -0.2) is 23.1 Å². The smallest absolute Gasteiger partial charge is 0.262 e. The molecule has 1 unspecified atom stereocenters. The molecule has 8 rings (SSSR count). The number of anilines is 2. The number of amides is 5. The van der Waals surface area contributed by atoms with Gasteiger partial charge in [-0.2, -0.15) is 0 Å². The second-order valence-corrected chi connectivity index (χ2v) is 20.0. The maximum atomic E-state index is 13.4. The molecule has 1 spiro atoms. The predicted molar refractivity (Wildman–Crippen MR) is 240 cm³/mol. The van der Waals surface area contributed by atoms with Crippen LogP contribution in [-0.4, -0.2) is 122 Å². The Morgan fingerprint density at radius 3 is 2.34 bits per heavy atom. The van der Waals surface area contributed by atoms with E-state index in [1.807, 2.05) is 12.1 Å². The highest BCUT2D eigenvalue weighted by Crippen LogP contribution is 2.45. The highest BCUT2D eigenvalue weighted by molar-refractivity contribution is 7.88. The number of unbranched alkanes of at least 4 members (excludes halogenated alkanes) is 4. The Hall–Kier alpha value is -5.46. The summed E-state index contributed by atoms with van der Waals surface area (Å²) in [7, 11) is -3.16. The van der Waals surface area contributed by atoms with E-state index in [1.165, 1.54) is 12.6 Å². The number of imide groups is 2. The molecule has 18 heteroatoms. The molecular formula is C46H59N9O8S. The van der Waals surface area contributed by atoms with E-state index in [9.17, 15) is 32.4 Å². The first-order valence-corrected chi connectivity index (χ1v) is 24.6. The Labute approximate surface area is 374 Å². The van der Waals surface area contributed by atoms with Crippen molar-refractivity contribution < 1.29 is 37.1 Å². The van der Waals surface area contributed by atoms with Crippen LogP contribution in [-0.2, 0) is 19.6 Å². The van der Waals surface area contributed by atoms with Crippen molar-refractivity contribution in [1.82, 2.24) is 35.1 Å². The number of nitrogens with one attached hydrogen (secondary N) is 4. The van der Waals surface area contributed by atoms with Gasteiger partial charge < -0.3 is 25.2 Å². The van der Waals surface area contributed by atoms with Crippen LogP contribution < -0.4 is 30.3 Å². The molecule has 3 aromatic rings. The summed E-state index contributed by atoms with van der Waals surface area (Å²) < 4.78 is 32.4. The summed E-state index contributed by atoms with van der Waals surface area (Å²) in [6, 6.07) is 11.3. The topological polar surface area (TPSA) is 212 Å². The normalized spacial score (nSPS) is 22.2. The van der Waals surface area contributed by atoms with E-state index in [2.05, 4.69) is 40.4 Å². The number of para-hydroxylation sites is 1. The maximum absolute atomic E-state index is 13.4. The summed E-state index contributed by atoms with van der Waals surface area (Å²) in [4.78, 5) is 78.0. The van der Waals surface area contributed by atoms with Crippen LogP contribution in [0, 0.1) is 11.3 Å². The Balaban J connectivity index is 0.725. The number of sulfonamides is 1. The largest absolute Gasteiger partial charge is 0.451 e. The molecule has 1 aliphatic carbocycles. The number of aromatic nitrogens is 2. The SMILES string of the molecule is CS(=O)(=O)NC1CCC(CN2CCC3(CC2)CN(c2ncncc2Oc2ccccc2C(=O)NCCCCCCCNc2ccc4c(c2)C(=O)N(C2CCC(=O)NC2=O)C4=O)C3)CC1. The number of rotatable bonds is 18. The van der Waals surface area contributed by atoms with Gasteiger partial charge in [0, 0.05) is 56.3 Å². The fraction of sp³-hybridized carbons (Fsp3) is 0.543. The van der Waals surface area contributed by atoms with Crippen molar-refractivity contribution in [2.75, 3.05) is 62.3 Å². The molecule has 2 aromatic carbocycles. The summed E-state index contributed by atoms with van der Waals surface area (Å²) in [6.45, 7) is 6.19. The van der Waals surface area contributed by atoms with Gasteiger partial charge in [-0.15, -0.1) is 0 Å². The number of fused-ring (bicyclic) bond motifs is 1. The highest BCUT2D eigenvalue weighted by Gasteiger charge is 2.47. The third kappa shape index (κ3) is 10.7. The van der Waals surface area contributed by atoms with E-state index >= 15 is 0 Å².